The number of hydrogen-bond donors (Lipinski definition) is 1. The fourth-order valence-electron chi connectivity index (χ4n) is 6.17. The normalized spacial score (nSPS) is 20.0. The number of rotatable bonds is 6. The number of nitrogens with one attached hydrogen (secondary N) is 1. The van der Waals surface area contributed by atoms with Gasteiger partial charge in [0.25, 0.3) is 15.9 Å². The number of sulfonamides is 1. The minimum absolute atomic E-state index is 0.106. The summed E-state index contributed by atoms with van der Waals surface area (Å²) in [6.07, 6.45) is -0.447. The maximum atomic E-state index is 14.2. The van der Waals surface area contributed by atoms with E-state index in [2.05, 4.69) is 10.3 Å². The van der Waals surface area contributed by atoms with Crippen LogP contribution in [-0.4, -0.2) is 36.9 Å². The quantitative estimate of drug-likeness (QED) is 0.307. The summed E-state index contributed by atoms with van der Waals surface area (Å²) in [6, 6.07) is 11.8. The molecule has 1 N–H and O–H groups in total. The fourth-order valence-corrected chi connectivity index (χ4v) is 9.55. The van der Waals surface area contributed by atoms with Gasteiger partial charge in [-0.15, -0.1) is 0 Å². The van der Waals surface area contributed by atoms with Gasteiger partial charge in [0.05, 0.1) is 39.4 Å². The molecule has 1 atom stereocenters. The molecule has 3 aliphatic rings. The molecule has 6 nitrogen and oxygen atoms in total. The van der Waals surface area contributed by atoms with Gasteiger partial charge in [0.15, 0.2) is 0 Å². The van der Waals surface area contributed by atoms with Crippen molar-refractivity contribution in [2.45, 2.75) is 54.8 Å². The highest BCUT2D eigenvalue weighted by atomic mass is 35.5. The van der Waals surface area contributed by atoms with Crippen molar-refractivity contribution in [3.8, 4) is 0 Å². The molecule has 2 fully saturated rings. The van der Waals surface area contributed by atoms with E-state index in [0.29, 0.717) is 22.5 Å². The van der Waals surface area contributed by atoms with Crippen molar-refractivity contribution in [3.63, 3.8) is 0 Å². The summed E-state index contributed by atoms with van der Waals surface area (Å²) in [6.45, 7) is -0.170. The second-order valence-electron chi connectivity index (χ2n) is 10.9. The van der Waals surface area contributed by atoms with Gasteiger partial charge in [-0.05, 0) is 97.2 Å². The molecule has 1 saturated carbocycles. The Morgan fingerprint density at radius 2 is 1.76 bits per heavy atom. The van der Waals surface area contributed by atoms with E-state index >= 15 is 0 Å². The molecule has 1 spiro atoms. The van der Waals surface area contributed by atoms with E-state index in [1.807, 2.05) is 11.8 Å². The van der Waals surface area contributed by atoms with Crippen LogP contribution in [0.15, 0.2) is 59.6 Å². The summed E-state index contributed by atoms with van der Waals surface area (Å²) in [4.78, 5) is 17.2. The van der Waals surface area contributed by atoms with Crippen LogP contribution < -0.4 is 9.62 Å². The number of hydrogen-bond acceptors (Lipinski definition) is 5. The molecular formula is C29H26Cl2F3N3O3S2. The number of halogens is 5. The van der Waals surface area contributed by atoms with Crippen LogP contribution in [-0.2, 0) is 28.2 Å². The summed E-state index contributed by atoms with van der Waals surface area (Å²) in [5.74, 6) is 1.52. The van der Waals surface area contributed by atoms with Crippen LogP contribution in [0.2, 0.25) is 10.0 Å². The number of carbonyl (C=O) groups is 1. The third-order valence-electron chi connectivity index (χ3n) is 8.34. The predicted octanol–water partition coefficient (Wildman–Crippen LogP) is 7.09. The van der Waals surface area contributed by atoms with E-state index in [4.69, 9.17) is 23.2 Å². The van der Waals surface area contributed by atoms with Crippen LogP contribution in [0.25, 0.3) is 0 Å². The van der Waals surface area contributed by atoms with Gasteiger partial charge in [-0.3, -0.25) is 14.1 Å². The van der Waals surface area contributed by atoms with Crippen molar-refractivity contribution >= 4 is 56.6 Å². The van der Waals surface area contributed by atoms with Crippen molar-refractivity contribution in [1.82, 2.24) is 10.3 Å². The number of fused-ring (bicyclic) bond motifs is 2. The third kappa shape index (κ3) is 5.27. The Morgan fingerprint density at radius 3 is 2.38 bits per heavy atom. The van der Waals surface area contributed by atoms with E-state index < -0.39 is 33.1 Å². The average molecular weight is 657 g/mol. The van der Waals surface area contributed by atoms with Crippen molar-refractivity contribution in [3.05, 3.63) is 87.2 Å². The van der Waals surface area contributed by atoms with Crippen molar-refractivity contribution in [1.29, 1.82) is 0 Å². The summed E-state index contributed by atoms with van der Waals surface area (Å²) in [5, 5.41) is 2.94. The number of amides is 1. The Balaban J connectivity index is 1.35. The molecule has 1 saturated heterocycles. The number of pyridine rings is 1. The molecule has 2 aliphatic heterocycles. The third-order valence-corrected chi connectivity index (χ3v) is 11.7. The molecule has 13 heteroatoms. The minimum atomic E-state index is -4.58. The van der Waals surface area contributed by atoms with Gasteiger partial charge >= 0.3 is 6.18 Å². The molecule has 0 radical (unpaired) electrons. The van der Waals surface area contributed by atoms with Crippen LogP contribution in [0, 0.1) is 5.92 Å². The smallest absolute Gasteiger partial charge is 0.346 e. The van der Waals surface area contributed by atoms with Gasteiger partial charge < -0.3 is 5.32 Å². The Hall–Kier alpha value is -2.47. The van der Waals surface area contributed by atoms with Crippen LogP contribution in [0.3, 0.4) is 0 Å². The summed E-state index contributed by atoms with van der Waals surface area (Å²) in [5.41, 5.74) is 0.452. The maximum absolute atomic E-state index is 14.2. The topological polar surface area (TPSA) is 79.4 Å². The lowest BCUT2D eigenvalue weighted by Crippen LogP contribution is -2.50. The summed E-state index contributed by atoms with van der Waals surface area (Å²) < 4.78 is 68.9. The van der Waals surface area contributed by atoms with Crippen molar-refractivity contribution < 1.29 is 26.4 Å². The summed E-state index contributed by atoms with van der Waals surface area (Å²) in [7, 11) is -3.93. The molecule has 1 unspecified atom stereocenters. The SMILES string of the molecule is O=C(NCc1ncc(C(F)(F)F)cc1Cl)c1ccc2c(c1)C1(CCSCC1)C(C1CC1)N2S(=O)(=O)c1ccc(Cl)cc1. The Kier molecular flexibility index (Phi) is 7.69. The number of thioether (sulfide) groups is 1. The van der Waals surface area contributed by atoms with Crippen LogP contribution in [0.4, 0.5) is 18.9 Å². The zero-order valence-corrected chi connectivity index (χ0v) is 25.3. The highest BCUT2D eigenvalue weighted by Crippen LogP contribution is 2.59. The number of benzene rings is 2. The van der Waals surface area contributed by atoms with Gasteiger partial charge in [-0.2, -0.15) is 24.9 Å². The average Bonchev–Trinajstić information content (AvgIpc) is 3.76. The first kappa shape index (κ1) is 29.6. The van der Waals surface area contributed by atoms with E-state index in [1.54, 1.807) is 34.6 Å². The first-order valence-electron chi connectivity index (χ1n) is 13.4. The van der Waals surface area contributed by atoms with Crippen molar-refractivity contribution in [2.24, 2.45) is 5.92 Å². The number of anilines is 1. The van der Waals surface area contributed by atoms with Crippen LogP contribution in [0.1, 0.15) is 52.9 Å². The lowest BCUT2D eigenvalue weighted by Gasteiger charge is -2.41. The Morgan fingerprint density at radius 1 is 1.07 bits per heavy atom. The predicted molar refractivity (Wildman–Crippen MR) is 158 cm³/mol. The molecular weight excluding hydrogens is 630 g/mol. The lowest BCUT2D eigenvalue weighted by molar-refractivity contribution is -0.137. The molecule has 1 aromatic heterocycles. The Bertz CT molecular complexity index is 1640. The minimum Gasteiger partial charge on any atom is -0.346 e. The van der Waals surface area contributed by atoms with Gasteiger partial charge in [0, 0.05) is 22.2 Å². The van der Waals surface area contributed by atoms with E-state index in [-0.39, 0.29) is 34.1 Å². The second kappa shape index (κ2) is 10.9. The van der Waals surface area contributed by atoms with Gasteiger partial charge in [-0.25, -0.2) is 8.42 Å². The molecule has 1 amide bonds. The monoisotopic (exact) mass is 655 g/mol. The van der Waals surface area contributed by atoms with Gasteiger partial charge in [0.2, 0.25) is 0 Å². The standard InChI is InChI=1S/C29H26Cl2F3N3O3S2/c30-20-4-6-21(7-5-20)42(39,40)37-25-8-3-18(13-22(25)28(9-11-41-12-10-28)26(37)17-1-2-17)27(38)36-16-24-23(31)14-19(15-35-24)29(32,33)34/h3-8,13-15,17,26H,1-2,9-12,16H2,(H,36,38). The first-order valence-corrected chi connectivity index (χ1v) is 16.8. The van der Waals surface area contributed by atoms with E-state index in [1.165, 1.54) is 12.1 Å². The first-order chi connectivity index (χ1) is 19.9. The number of aromatic nitrogens is 1. The lowest BCUT2D eigenvalue weighted by atomic mass is 9.70. The largest absolute Gasteiger partial charge is 0.417 e. The van der Waals surface area contributed by atoms with Crippen molar-refractivity contribution in [2.75, 3.05) is 15.8 Å². The summed E-state index contributed by atoms with van der Waals surface area (Å²) >= 11 is 13.9. The maximum Gasteiger partial charge on any atom is 0.417 e. The molecule has 0 bridgehead atoms. The molecule has 3 heterocycles. The number of nitrogens with zero attached hydrogens (tertiary/aromatic N) is 2. The van der Waals surface area contributed by atoms with Gasteiger partial charge in [0.1, 0.15) is 0 Å². The van der Waals surface area contributed by atoms with Crippen LogP contribution >= 0.6 is 35.0 Å². The van der Waals surface area contributed by atoms with E-state index in [9.17, 15) is 26.4 Å². The molecule has 222 valence electrons. The molecule has 6 rings (SSSR count). The highest BCUT2D eigenvalue weighted by molar-refractivity contribution is 7.99. The van der Waals surface area contributed by atoms with E-state index in [0.717, 1.165) is 48.8 Å². The number of alkyl halides is 3. The Labute approximate surface area is 256 Å². The zero-order valence-electron chi connectivity index (χ0n) is 22.1. The molecule has 2 aromatic carbocycles. The van der Waals surface area contributed by atoms with Gasteiger partial charge in [-0.1, -0.05) is 23.2 Å². The zero-order chi connectivity index (χ0) is 29.9. The molecule has 1 aliphatic carbocycles. The second-order valence-corrected chi connectivity index (χ2v) is 14.8. The highest BCUT2D eigenvalue weighted by Gasteiger charge is 2.59. The number of carbonyl (C=O) groups excluding carboxylic acids is 1. The molecule has 42 heavy (non-hydrogen) atoms. The molecule has 3 aromatic rings. The van der Waals surface area contributed by atoms with Crippen LogP contribution in [0.5, 0.6) is 0 Å². The fraction of sp³-hybridized carbons (Fsp3) is 0.379.